The van der Waals surface area contributed by atoms with Crippen molar-refractivity contribution in [3.63, 3.8) is 0 Å². The summed E-state index contributed by atoms with van der Waals surface area (Å²) in [5, 5.41) is 13.9. The molecule has 3 nitrogen and oxygen atoms in total. The molecular formula is C14H14Cl2N2O. The van der Waals surface area contributed by atoms with Gasteiger partial charge in [0.1, 0.15) is 10.3 Å². The van der Waals surface area contributed by atoms with E-state index in [2.05, 4.69) is 10.3 Å². The number of halogens is 2. The van der Waals surface area contributed by atoms with Crippen LogP contribution in [0.25, 0.3) is 0 Å². The van der Waals surface area contributed by atoms with E-state index in [1.54, 1.807) is 6.07 Å². The quantitative estimate of drug-likeness (QED) is 0.833. The SMILES string of the molecule is OC(CNCc1ccc(Cl)nc1Cl)c1ccccc1. The molecule has 0 bridgehead atoms. The number of aliphatic hydroxyl groups is 1. The summed E-state index contributed by atoms with van der Waals surface area (Å²) in [4.78, 5) is 3.96. The van der Waals surface area contributed by atoms with Crippen LogP contribution < -0.4 is 5.32 Å². The standard InChI is InChI=1S/C14H14Cl2N2O/c15-13-7-6-11(14(16)18-13)8-17-9-12(19)10-4-2-1-3-5-10/h1-7,12,17,19H,8-9H2. The van der Waals surface area contributed by atoms with Gasteiger partial charge in [0, 0.05) is 18.7 Å². The molecule has 0 amide bonds. The van der Waals surface area contributed by atoms with Gasteiger partial charge in [-0.15, -0.1) is 0 Å². The number of benzene rings is 1. The maximum Gasteiger partial charge on any atom is 0.135 e. The molecule has 0 radical (unpaired) electrons. The van der Waals surface area contributed by atoms with Gasteiger partial charge in [0.15, 0.2) is 0 Å². The van der Waals surface area contributed by atoms with Crippen molar-refractivity contribution in [3.05, 3.63) is 63.9 Å². The summed E-state index contributed by atoms with van der Waals surface area (Å²) in [6.45, 7) is 0.982. The zero-order valence-electron chi connectivity index (χ0n) is 10.2. The molecule has 1 atom stereocenters. The first-order valence-electron chi connectivity index (χ1n) is 5.91. The number of aromatic nitrogens is 1. The molecule has 2 rings (SSSR count). The average Bonchev–Trinajstić information content (AvgIpc) is 2.42. The van der Waals surface area contributed by atoms with Gasteiger partial charge < -0.3 is 10.4 Å². The fourth-order valence-corrected chi connectivity index (χ4v) is 2.12. The summed E-state index contributed by atoms with van der Waals surface area (Å²) in [5.74, 6) is 0. The highest BCUT2D eigenvalue weighted by Crippen LogP contribution is 2.17. The summed E-state index contributed by atoms with van der Waals surface area (Å²) in [6, 6.07) is 13.0. The summed E-state index contributed by atoms with van der Waals surface area (Å²) in [5.41, 5.74) is 1.74. The van der Waals surface area contributed by atoms with Gasteiger partial charge in [-0.3, -0.25) is 0 Å². The minimum Gasteiger partial charge on any atom is -0.387 e. The molecule has 19 heavy (non-hydrogen) atoms. The van der Waals surface area contributed by atoms with Crippen LogP contribution >= 0.6 is 23.2 Å². The third-order valence-electron chi connectivity index (χ3n) is 2.73. The second kappa shape index (κ2) is 6.87. The first kappa shape index (κ1) is 14.3. The Morgan fingerprint density at radius 3 is 2.53 bits per heavy atom. The van der Waals surface area contributed by atoms with Gasteiger partial charge in [-0.2, -0.15) is 0 Å². The van der Waals surface area contributed by atoms with Gasteiger partial charge in [-0.25, -0.2) is 4.98 Å². The van der Waals surface area contributed by atoms with E-state index >= 15 is 0 Å². The second-order valence-corrected chi connectivity index (χ2v) is 4.89. The van der Waals surface area contributed by atoms with E-state index in [-0.39, 0.29) is 0 Å². The Hall–Kier alpha value is -1.13. The molecular weight excluding hydrogens is 283 g/mol. The molecule has 0 aliphatic carbocycles. The summed E-state index contributed by atoms with van der Waals surface area (Å²) in [6.07, 6.45) is -0.541. The highest BCUT2D eigenvalue weighted by atomic mass is 35.5. The molecule has 0 saturated heterocycles. The van der Waals surface area contributed by atoms with Gasteiger partial charge >= 0.3 is 0 Å². The number of nitrogens with one attached hydrogen (secondary N) is 1. The molecule has 0 aliphatic rings. The Morgan fingerprint density at radius 2 is 1.84 bits per heavy atom. The lowest BCUT2D eigenvalue weighted by molar-refractivity contribution is 0.174. The molecule has 0 fully saturated rings. The van der Waals surface area contributed by atoms with E-state index in [0.717, 1.165) is 11.1 Å². The number of aliphatic hydroxyl groups excluding tert-OH is 1. The van der Waals surface area contributed by atoms with Crippen LogP contribution in [0.1, 0.15) is 17.2 Å². The zero-order chi connectivity index (χ0) is 13.7. The highest BCUT2D eigenvalue weighted by Gasteiger charge is 2.07. The Morgan fingerprint density at radius 1 is 1.11 bits per heavy atom. The summed E-state index contributed by atoms with van der Waals surface area (Å²) >= 11 is 11.7. The van der Waals surface area contributed by atoms with E-state index in [1.165, 1.54) is 0 Å². The van der Waals surface area contributed by atoms with Crippen molar-refractivity contribution in [2.24, 2.45) is 0 Å². The molecule has 5 heteroatoms. The topological polar surface area (TPSA) is 45.1 Å². The molecule has 0 spiro atoms. The van der Waals surface area contributed by atoms with Crippen molar-refractivity contribution in [2.45, 2.75) is 12.6 Å². The predicted molar refractivity (Wildman–Crippen MR) is 77.4 cm³/mol. The second-order valence-electron chi connectivity index (χ2n) is 4.14. The summed E-state index contributed by atoms with van der Waals surface area (Å²) in [7, 11) is 0. The van der Waals surface area contributed by atoms with E-state index in [0.29, 0.717) is 23.4 Å². The van der Waals surface area contributed by atoms with Crippen LogP contribution in [0.4, 0.5) is 0 Å². The Labute approximate surface area is 122 Å². The third kappa shape index (κ3) is 4.18. The minimum absolute atomic E-state index is 0.373. The fraction of sp³-hybridized carbons (Fsp3) is 0.214. The van der Waals surface area contributed by atoms with Crippen molar-refractivity contribution in [1.82, 2.24) is 10.3 Å². The van der Waals surface area contributed by atoms with Crippen molar-refractivity contribution in [3.8, 4) is 0 Å². The van der Waals surface area contributed by atoms with Crippen molar-refractivity contribution < 1.29 is 5.11 Å². The van der Waals surface area contributed by atoms with Gasteiger partial charge in [-0.05, 0) is 11.6 Å². The van der Waals surface area contributed by atoms with Crippen LogP contribution in [-0.2, 0) is 6.54 Å². The van der Waals surface area contributed by atoms with Gasteiger partial charge in [0.25, 0.3) is 0 Å². The van der Waals surface area contributed by atoms with E-state index in [9.17, 15) is 5.11 Å². The average molecular weight is 297 g/mol. The van der Waals surface area contributed by atoms with Crippen LogP contribution in [0.3, 0.4) is 0 Å². The van der Waals surface area contributed by atoms with E-state index in [1.807, 2.05) is 36.4 Å². The molecule has 0 aliphatic heterocycles. The molecule has 0 saturated carbocycles. The van der Waals surface area contributed by atoms with Crippen molar-refractivity contribution in [1.29, 1.82) is 0 Å². The van der Waals surface area contributed by atoms with Gasteiger partial charge in [0.2, 0.25) is 0 Å². The zero-order valence-corrected chi connectivity index (χ0v) is 11.7. The van der Waals surface area contributed by atoms with E-state index in [4.69, 9.17) is 23.2 Å². The van der Waals surface area contributed by atoms with Crippen LogP contribution in [0.5, 0.6) is 0 Å². The third-order valence-corrected chi connectivity index (χ3v) is 3.27. The van der Waals surface area contributed by atoms with Crippen molar-refractivity contribution >= 4 is 23.2 Å². The van der Waals surface area contributed by atoms with Crippen LogP contribution in [0.15, 0.2) is 42.5 Å². The maximum absolute atomic E-state index is 9.98. The van der Waals surface area contributed by atoms with Crippen molar-refractivity contribution in [2.75, 3.05) is 6.54 Å². The molecule has 1 aromatic heterocycles. The minimum atomic E-state index is -0.541. The smallest absolute Gasteiger partial charge is 0.135 e. The Balaban J connectivity index is 1.86. The lowest BCUT2D eigenvalue weighted by atomic mass is 10.1. The van der Waals surface area contributed by atoms with Gasteiger partial charge in [0.05, 0.1) is 6.10 Å². The van der Waals surface area contributed by atoms with Crippen LogP contribution in [0, 0.1) is 0 Å². The Kier molecular flexibility index (Phi) is 5.16. The number of rotatable bonds is 5. The number of hydrogen-bond acceptors (Lipinski definition) is 3. The lowest BCUT2D eigenvalue weighted by Crippen LogP contribution is -2.21. The predicted octanol–water partition coefficient (Wildman–Crippen LogP) is 3.21. The largest absolute Gasteiger partial charge is 0.387 e. The Bertz CT molecular complexity index is 534. The monoisotopic (exact) mass is 296 g/mol. The highest BCUT2D eigenvalue weighted by molar-refractivity contribution is 6.32. The molecule has 100 valence electrons. The number of hydrogen-bond donors (Lipinski definition) is 2. The van der Waals surface area contributed by atoms with Crippen LogP contribution in [0.2, 0.25) is 10.3 Å². The molecule has 2 aromatic rings. The maximum atomic E-state index is 9.98. The molecule has 1 aromatic carbocycles. The first-order valence-corrected chi connectivity index (χ1v) is 6.67. The fourth-order valence-electron chi connectivity index (χ4n) is 1.71. The first-order chi connectivity index (χ1) is 9.16. The van der Waals surface area contributed by atoms with E-state index < -0.39 is 6.10 Å². The van der Waals surface area contributed by atoms with Gasteiger partial charge in [-0.1, -0.05) is 59.6 Å². The molecule has 1 unspecified atom stereocenters. The lowest BCUT2D eigenvalue weighted by Gasteiger charge is -2.12. The summed E-state index contributed by atoms with van der Waals surface area (Å²) < 4.78 is 0. The molecule has 2 N–H and O–H groups in total. The van der Waals surface area contributed by atoms with Crippen LogP contribution in [-0.4, -0.2) is 16.6 Å². The number of pyridine rings is 1. The normalized spacial score (nSPS) is 12.4. The molecule has 1 heterocycles. The number of nitrogens with zero attached hydrogens (tertiary/aromatic N) is 1.